The summed E-state index contributed by atoms with van der Waals surface area (Å²) in [5, 5.41) is 0.495. The van der Waals surface area contributed by atoms with E-state index >= 15 is 0 Å². The molecule has 0 saturated carbocycles. The van der Waals surface area contributed by atoms with E-state index in [1.807, 2.05) is 25.1 Å². The number of aromatic nitrogens is 2. The lowest BCUT2D eigenvalue weighted by Gasteiger charge is -2.10. The Morgan fingerprint density at radius 1 is 1.00 bits per heavy atom. The molecule has 140 valence electrons. The first-order valence-electron chi connectivity index (χ1n) is 8.60. The van der Waals surface area contributed by atoms with Gasteiger partial charge in [-0.05, 0) is 48.2 Å². The lowest BCUT2D eigenvalue weighted by atomic mass is 10.0. The van der Waals surface area contributed by atoms with Crippen molar-refractivity contribution in [1.82, 2.24) is 9.97 Å². The summed E-state index contributed by atoms with van der Waals surface area (Å²) in [5.74, 6) is 0.729. The van der Waals surface area contributed by atoms with Crippen molar-refractivity contribution in [3.8, 4) is 11.6 Å². The maximum absolute atomic E-state index is 13.3. The highest BCUT2D eigenvalue weighted by Crippen LogP contribution is 2.27. The van der Waals surface area contributed by atoms with Gasteiger partial charge in [0.25, 0.3) is 0 Å². The molecule has 1 heterocycles. The summed E-state index contributed by atoms with van der Waals surface area (Å²) < 4.78 is 32.5. The van der Waals surface area contributed by atoms with E-state index in [2.05, 4.69) is 29.9 Å². The number of benzene rings is 2. The average Bonchev–Trinajstić information content (AvgIpc) is 2.59. The van der Waals surface area contributed by atoms with Gasteiger partial charge in [-0.1, -0.05) is 37.7 Å². The quantitative estimate of drug-likeness (QED) is 0.369. The minimum Gasteiger partial charge on any atom is -0.439 e. The van der Waals surface area contributed by atoms with E-state index in [0.29, 0.717) is 34.0 Å². The van der Waals surface area contributed by atoms with Crippen LogP contribution in [0.3, 0.4) is 0 Å². The number of halogens is 2. The van der Waals surface area contributed by atoms with E-state index in [4.69, 9.17) is 4.74 Å². The molecule has 3 aromatic rings. The Hall–Kier alpha value is -2.47. The van der Waals surface area contributed by atoms with Crippen LogP contribution in [0.15, 0.2) is 53.7 Å². The molecule has 0 fully saturated rings. The van der Waals surface area contributed by atoms with E-state index in [0.717, 1.165) is 11.8 Å². The van der Waals surface area contributed by atoms with Crippen LogP contribution in [0.25, 0.3) is 0 Å². The van der Waals surface area contributed by atoms with Gasteiger partial charge in [-0.15, -0.1) is 0 Å². The van der Waals surface area contributed by atoms with Crippen LogP contribution in [0.1, 0.15) is 36.6 Å². The van der Waals surface area contributed by atoms with Crippen molar-refractivity contribution in [2.24, 2.45) is 0 Å². The molecule has 0 aliphatic rings. The summed E-state index contributed by atoms with van der Waals surface area (Å²) >= 11 is 1.30. The Morgan fingerprint density at radius 2 is 1.74 bits per heavy atom. The van der Waals surface area contributed by atoms with Gasteiger partial charge in [-0.25, -0.2) is 13.8 Å². The minimum atomic E-state index is -0.593. The van der Waals surface area contributed by atoms with E-state index in [-0.39, 0.29) is 0 Å². The number of rotatable bonds is 6. The third-order valence-electron chi connectivity index (χ3n) is 3.85. The number of aryl methyl sites for hydroxylation is 1. The van der Waals surface area contributed by atoms with Crippen LogP contribution in [-0.4, -0.2) is 9.97 Å². The molecule has 0 atom stereocenters. The van der Waals surface area contributed by atoms with Gasteiger partial charge in [0.15, 0.2) is 5.16 Å². The van der Waals surface area contributed by atoms with Gasteiger partial charge < -0.3 is 4.74 Å². The summed E-state index contributed by atoms with van der Waals surface area (Å²) in [5.41, 5.74) is 2.48. The summed E-state index contributed by atoms with van der Waals surface area (Å²) in [4.78, 5) is 8.77. The predicted octanol–water partition coefficient (Wildman–Crippen LogP) is 6.27. The van der Waals surface area contributed by atoms with Crippen molar-refractivity contribution in [1.29, 1.82) is 0 Å². The molecule has 3 rings (SSSR count). The summed E-state index contributed by atoms with van der Waals surface area (Å²) in [6.07, 6.45) is 0. The number of ether oxygens (including phenoxy) is 1. The molecule has 1 aromatic heterocycles. The Morgan fingerprint density at radius 3 is 2.44 bits per heavy atom. The van der Waals surface area contributed by atoms with Crippen molar-refractivity contribution in [3.63, 3.8) is 0 Å². The highest BCUT2D eigenvalue weighted by atomic mass is 32.2. The summed E-state index contributed by atoms with van der Waals surface area (Å²) in [6, 6.07) is 13.1. The highest BCUT2D eigenvalue weighted by Gasteiger charge is 2.08. The largest absolute Gasteiger partial charge is 0.439 e. The lowest BCUT2D eigenvalue weighted by Crippen LogP contribution is -1.96. The Bertz CT molecular complexity index is 927. The van der Waals surface area contributed by atoms with Crippen molar-refractivity contribution >= 4 is 11.8 Å². The number of hydrogen-bond acceptors (Lipinski definition) is 4. The zero-order valence-electron chi connectivity index (χ0n) is 15.4. The maximum atomic E-state index is 13.3. The monoisotopic (exact) mass is 386 g/mol. The van der Waals surface area contributed by atoms with Crippen LogP contribution < -0.4 is 4.74 Å². The van der Waals surface area contributed by atoms with Crippen LogP contribution >= 0.6 is 11.8 Å². The Balaban J connectivity index is 1.75. The molecule has 3 nitrogen and oxygen atoms in total. The summed E-state index contributed by atoms with van der Waals surface area (Å²) in [6.45, 7) is 6.10. The normalized spacial score (nSPS) is 11.0. The van der Waals surface area contributed by atoms with Gasteiger partial charge in [0, 0.05) is 23.6 Å². The molecule has 0 N–H and O–H groups in total. The number of thioether (sulfide) groups is 1. The first-order valence-corrected chi connectivity index (χ1v) is 9.59. The van der Waals surface area contributed by atoms with E-state index in [1.165, 1.54) is 29.5 Å². The van der Waals surface area contributed by atoms with Gasteiger partial charge in [0.2, 0.25) is 5.88 Å². The molecule has 2 aromatic carbocycles. The zero-order valence-corrected chi connectivity index (χ0v) is 16.2. The topological polar surface area (TPSA) is 35.0 Å². The SMILES string of the molecule is Cc1cc(Oc2cccc(C(C)C)c2)nc(SCc2cc(F)cc(F)c2)n1. The van der Waals surface area contributed by atoms with Crippen LogP contribution in [-0.2, 0) is 5.75 Å². The first kappa shape index (κ1) is 19.3. The molecule has 0 bridgehead atoms. The molecule has 0 spiro atoms. The van der Waals surface area contributed by atoms with Crippen LogP contribution in [0.2, 0.25) is 0 Å². The van der Waals surface area contributed by atoms with Gasteiger partial charge in [0.05, 0.1) is 0 Å². The molecular formula is C21H20F2N2OS. The van der Waals surface area contributed by atoms with Gasteiger partial charge in [-0.2, -0.15) is 4.98 Å². The molecule has 0 unspecified atom stereocenters. The Kier molecular flexibility index (Phi) is 6.06. The van der Waals surface area contributed by atoms with Gasteiger partial charge in [0.1, 0.15) is 17.4 Å². The molecule has 0 amide bonds. The minimum absolute atomic E-state index is 0.362. The number of hydrogen-bond donors (Lipinski definition) is 0. The second-order valence-electron chi connectivity index (χ2n) is 6.53. The molecule has 0 saturated heterocycles. The lowest BCUT2D eigenvalue weighted by molar-refractivity contribution is 0.453. The molecule has 6 heteroatoms. The fourth-order valence-corrected chi connectivity index (χ4v) is 3.36. The highest BCUT2D eigenvalue weighted by molar-refractivity contribution is 7.98. The van der Waals surface area contributed by atoms with Crippen LogP contribution in [0.4, 0.5) is 8.78 Å². The predicted molar refractivity (Wildman–Crippen MR) is 103 cm³/mol. The standard InChI is InChI=1S/C21H20F2N2OS/c1-13(2)16-5-4-6-19(10-16)26-20-7-14(3)24-21(25-20)27-12-15-8-17(22)11-18(23)9-15/h4-11,13H,12H2,1-3H3. The third-order valence-corrected chi connectivity index (χ3v) is 4.77. The Labute approximate surface area is 161 Å². The first-order chi connectivity index (χ1) is 12.9. The summed E-state index contributed by atoms with van der Waals surface area (Å²) in [7, 11) is 0. The molecular weight excluding hydrogens is 366 g/mol. The zero-order chi connectivity index (χ0) is 19.4. The van der Waals surface area contributed by atoms with E-state index < -0.39 is 11.6 Å². The van der Waals surface area contributed by atoms with E-state index in [1.54, 1.807) is 6.07 Å². The average molecular weight is 386 g/mol. The van der Waals surface area contributed by atoms with Crippen molar-refractivity contribution in [2.45, 2.75) is 37.6 Å². The molecule has 0 aliphatic carbocycles. The second kappa shape index (κ2) is 8.48. The van der Waals surface area contributed by atoms with Crippen molar-refractivity contribution in [2.75, 3.05) is 0 Å². The fourth-order valence-electron chi connectivity index (χ4n) is 2.53. The number of nitrogens with zero attached hydrogens (tertiary/aromatic N) is 2. The van der Waals surface area contributed by atoms with E-state index in [9.17, 15) is 8.78 Å². The molecule has 0 aliphatic heterocycles. The third kappa shape index (κ3) is 5.50. The van der Waals surface area contributed by atoms with Gasteiger partial charge >= 0.3 is 0 Å². The smallest absolute Gasteiger partial charge is 0.223 e. The maximum Gasteiger partial charge on any atom is 0.223 e. The van der Waals surface area contributed by atoms with Crippen LogP contribution in [0, 0.1) is 18.6 Å². The van der Waals surface area contributed by atoms with Crippen LogP contribution in [0.5, 0.6) is 11.6 Å². The van der Waals surface area contributed by atoms with Crippen molar-refractivity contribution in [3.05, 3.63) is 77.0 Å². The fraction of sp³-hybridized carbons (Fsp3) is 0.238. The van der Waals surface area contributed by atoms with Crippen molar-refractivity contribution < 1.29 is 13.5 Å². The molecule has 0 radical (unpaired) electrons. The second-order valence-corrected chi connectivity index (χ2v) is 7.47. The van der Waals surface area contributed by atoms with Gasteiger partial charge in [-0.3, -0.25) is 0 Å². The molecule has 27 heavy (non-hydrogen) atoms.